The van der Waals surface area contributed by atoms with E-state index in [9.17, 15) is 9.59 Å². The number of ether oxygens (including phenoxy) is 1. The average molecular weight is 392 g/mol. The molecule has 0 aliphatic heterocycles. The van der Waals surface area contributed by atoms with Crippen LogP contribution in [0.1, 0.15) is 10.5 Å². The predicted octanol–water partition coefficient (Wildman–Crippen LogP) is 2.74. The second kappa shape index (κ2) is 8.70. The summed E-state index contributed by atoms with van der Waals surface area (Å²) in [5.41, 5.74) is 8.07. The second-order valence-corrected chi connectivity index (χ2v) is 5.96. The molecule has 0 saturated carbocycles. The number of amides is 3. The van der Waals surface area contributed by atoms with Crippen LogP contribution in [-0.4, -0.2) is 36.1 Å². The molecule has 0 bridgehead atoms. The first-order chi connectivity index (χ1) is 14.0. The molecule has 0 aliphatic carbocycles. The van der Waals surface area contributed by atoms with Crippen LogP contribution >= 0.6 is 0 Å². The van der Waals surface area contributed by atoms with Gasteiger partial charge >= 0.3 is 6.03 Å². The van der Waals surface area contributed by atoms with Gasteiger partial charge in [-0.3, -0.25) is 4.79 Å². The summed E-state index contributed by atoms with van der Waals surface area (Å²) in [4.78, 5) is 32.4. The molecule has 5 N–H and O–H groups in total. The third-order valence-electron chi connectivity index (χ3n) is 4.01. The van der Waals surface area contributed by atoms with Crippen molar-refractivity contribution in [2.24, 2.45) is 0 Å². The smallest absolute Gasteiger partial charge is 0.323 e. The number of nitrogen functional groups attached to an aromatic ring is 1. The molecule has 0 atom stereocenters. The van der Waals surface area contributed by atoms with E-state index >= 15 is 0 Å². The number of rotatable bonds is 5. The molecule has 148 valence electrons. The zero-order chi connectivity index (χ0) is 20.8. The van der Waals surface area contributed by atoms with E-state index in [2.05, 4.69) is 25.9 Å². The molecular weight excluding hydrogens is 372 g/mol. The molecule has 3 aromatic rings. The summed E-state index contributed by atoms with van der Waals surface area (Å²) in [6.45, 7) is 0. The zero-order valence-corrected chi connectivity index (χ0v) is 15.9. The van der Waals surface area contributed by atoms with Gasteiger partial charge in [-0.25, -0.2) is 14.8 Å². The molecular formula is C20H20N6O3. The van der Waals surface area contributed by atoms with Gasteiger partial charge in [-0.05, 0) is 36.4 Å². The van der Waals surface area contributed by atoms with Crippen LogP contribution in [0.3, 0.4) is 0 Å². The molecule has 3 amide bonds. The Hall–Kier alpha value is -4.14. The van der Waals surface area contributed by atoms with E-state index in [1.54, 1.807) is 55.6 Å². The fourth-order valence-corrected chi connectivity index (χ4v) is 2.55. The largest absolute Gasteiger partial charge is 0.497 e. The SMILES string of the molecule is CNC(=O)c1nc(-c2cccc(NC(=O)Nc3ccc(OC)cc3)c2)cnc1N. The summed E-state index contributed by atoms with van der Waals surface area (Å²) >= 11 is 0. The molecule has 0 unspecified atom stereocenters. The number of hydrogen-bond acceptors (Lipinski definition) is 6. The maximum Gasteiger partial charge on any atom is 0.323 e. The summed E-state index contributed by atoms with van der Waals surface area (Å²) < 4.78 is 5.09. The highest BCUT2D eigenvalue weighted by Crippen LogP contribution is 2.22. The maximum absolute atomic E-state index is 12.3. The highest BCUT2D eigenvalue weighted by molar-refractivity contribution is 6.00. The standard InChI is InChI=1S/C20H20N6O3/c1-22-19(27)17-18(21)23-11-16(26-17)12-4-3-5-14(10-12)25-20(28)24-13-6-8-15(29-2)9-7-13/h3-11H,1-2H3,(H2,21,23)(H,22,27)(H2,24,25,28). The first-order valence-electron chi connectivity index (χ1n) is 8.67. The quantitative estimate of drug-likeness (QED) is 0.528. The minimum atomic E-state index is -0.426. The highest BCUT2D eigenvalue weighted by atomic mass is 16.5. The van der Waals surface area contributed by atoms with Gasteiger partial charge in [0.1, 0.15) is 5.75 Å². The molecule has 0 saturated heterocycles. The van der Waals surface area contributed by atoms with Crippen molar-refractivity contribution in [3.8, 4) is 17.0 Å². The normalized spacial score (nSPS) is 10.1. The van der Waals surface area contributed by atoms with Gasteiger partial charge in [-0.15, -0.1) is 0 Å². The lowest BCUT2D eigenvalue weighted by atomic mass is 10.1. The summed E-state index contributed by atoms with van der Waals surface area (Å²) in [6.07, 6.45) is 1.47. The first kappa shape index (κ1) is 19.6. The molecule has 9 heteroatoms. The molecule has 1 heterocycles. The van der Waals surface area contributed by atoms with Gasteiger partial charge in [0.2, 0.25) is 0 Å². The molecule has 3 rings (SSSR count). The minimum Gasteiger partial charge on any atom is -0.497 e. The van der Waals surface area contributed by atoms with Gasteiger partial charge in [-0.2, -0.15) is 0 Å². The number of aromatic nitrogens is 2. The maximum atomic E-state index is 12.3. The van der Waals surface area contributed by atoms with Crippen molar-refractivity contribution in [2.45, 2.75) is 0 Å². The Bertz CT molecular complexity index is 1040. The van der Waals surface area contributed by atoms with E-state index in [4.69, 9.17) is 10.5 Å². The number of benzene rings is 2. The number of carbonyl (C=O) groups is 2. The summed E-state index contributed by atoms with van der Waals surface area (Å²) in [5.74, 6) is 0.315. The third kappa shape index (κ3) is 4.78. The summed E-state index contributed by atoms with van der Waals surface area (Å²) in [6, 6.07) is 13.6. The van der Waals surface area contributed by atoms with Crippen LogP contribution in [0.25, 0.3) is 11.3 Å². The Morgan fingerprint density at radius 3 is 2.45 bits per heavy atom. The molecule has 0 radical (unpaired) electrons. The van der Waals surface area contributed by atoms with Gasteiger partial charge in [-0.1, -0.05) is 12.1 Å². The van der Waals surface area contributed by atoms with Gasteiger partial charge in [0.05, 0.1) is 19.0 Å². The van der Waals surface area contributed by atoms with E-state index in [0.29, 0.717) is 28.4 Å². The molecule has 0 spiro atoms. The third-order valence-corrected chi connectivity index (χ3v) is 4.01. The fourth-order valence-electron chi connectivity index (χ4n) is 2.55. The van der Waals surface area contributed by atoms with Gasteiger partial charge in [0.25, 0.3) is 5.91 Å². The van der Waals surface area contributed by atoms with Gasteiger partial charge in [0, 0.05) is 24.0 Å². The van der Waals surface area contributed by atoms with Crippen LogP contribution in [0.2, 0.25) is 0 Å². The molecule has 2 aromatic carbocycles. The van der Waals surface area contributed by atoms with Gasteiger partial charge in [0.15, 0.2) is 11.5 Å². The van der Waals surface area contributed by atoms with E-state index in [1.807, 2.05) is 0 Å². The second-order valence-electron chi connectivity index (χ2n) is 5.96. The van der Waals surface area contributed by atoms with Crippen LogP contribution in [-0.2, 0) is 0 Å². The van der Waals surface area contributed by atoms with Crippen molar-refractivity contribution < 1.29 is 14.3 Å². The van der Waals surface area contributed by atoms with Crippen molar-refractivity contribution >= 4 is 29.1 Å². The van der Waals surface area contributed by atoms with Crippen LogP contribution in [0, 0.1) is 0 Å². The lowest BCUT2D eigenvalue weighted by Gasteiger charge is -2.10. The number of carbonyl (C=O) groups excluding carboxylic acids is 2. The lowest BCUT2D eigenvalue weighted by molar-refractivity contribution is 0.0959. The molecule has 0 aliphatic rings. The average Bonchev–Trinajstić information content (AvgIpc) is 2.74. The number of nitrogens with one attached hydrogen (secondary N) is 3. The van der Waals surface area contributed by atoms with E-state index in [-0.39, 0.29) is 11.5 Å². The fraction of sp³-hybridized carbons (Fsp3) is 0.100. The van der Waals surface area contributed by atoms with Crippen LogP contribution in [0.4, 0.5) is 22.0 Å². The minimum absolute atomic E-state index is 0.0422. The number of hydrogen-bond donors (Lipinski definition) is 4. The number of nitrogens with two attached hydrogens (primary N) is 1. The summed E-state index contributed by atoms with van der Waals surface area (Å²) in [7, 11) is 3.06. The lowest BCUT2D eigenvalue weighted by Crippen LogP contribution is -2.21. The topological polar surface area (TPSA) is 131 Å². The highest BCUT2D eigenvalue weighted by Gasteiger charge is 2.13. The van der Waals surface area contributed by atoms with Crippen LogP contribution in [0.5, 0.6) is 5.75 Å². The van der Waals surface area contributed by atoms with Crippen molar-refractivity contribution in [2.75, 3.05) is 30.5 Å². The predicted molar refractivity (Wildman–Crippen MR) is 111 cm³/mol. The molecule has 0 fully saturated rings. The summed E-state index contributed by atoms with van der Waals surface area (Å²) in [5, 5.41) is 7.97. The van der Waals surface area contributed by atoms with E-state index < -0.39 is 11.9 Å². The van der Waals surface area contributed by atoms with Gasteiger partial charge < -0.3 is 26.4 Å². The Labute approximate surface area is 167 Å². The number of methoxy groups -OCH3 is 1. The van der Waals surface area contributed by atoms with Crippen molar-refractivity contribution in [3.63, 3.8) is 0 Å². The van der Waals surface area contributed by atoms with Crippen molar-refractivity contribution in [3.05, 3.63) is 60.4 Å². The van der Waals surface area contributed by atoms with E-state index in [0.717, 1.165) is 0 Å². The Morgan fingerprint density at radius 1 is 1.03 bits per heavy atom. The number of urea groups is 1. The first-order valence-corrected chi connectivity index (χ1v) is 8.67. The molecule has 9 nitrogen and oxygen atoms in total. The monoisotopic (exact) mass is 392 g/mol. The number of anilines is 3. The number of nitrogens with zero attached hydrogens (tertiary/aromatic N) is 2. The van der Waals surface area contributed by atoms with Crippen LogP contribution < -0.4 is 26.4 Å². The Kier molecular flexibility index (Phi) is 5.88. The molecule has 29 heavy (non-hydrogen) atoms. The van der Waals surface area contributed by atoms with Crippen molar-refractivity contribution in [1.29, 1.82) is 0 Å². The Balaban J connectivity index is 1.75. The van der Waals surface area contributed by atoms with E-state index in [1.165, 1.54) is 13.2 Å². The zero-order valence-electron chi connectivity index (χ0n) is 15.9. The van der Waals surface area contributed by atoms with Crippen LogP contribution in [0.15, 0.2) is 54.7 Å². The van der Waals surface area contributed by atoms with Crippen molar-refractivity contribution in [1.82, 2.24) is 15.3 Å². The molecule has 1 aromatic heterocycles. The Morgan fingerprint density at radius 2 is 1.76 bits per heavy atom.